The molecule has 8 heteroatoms. The van der Waals surface area contributed by atoms with Crippen LogP contribution in [0.1, 0.15) is 19.5 Å². The molecule has 0 aliphatic heterocycles. The van der Waals surface area contributed by atoms with Gasteiger partial charge in [0.1, 0.15) is 5.75 Å². The SMILES string of the molecule is CC(C)COc1c[nH]c(CNC(=O)COc2ccc(Cl)cc2Cl)cc1=O. The summed E-state index contributed by atoms with van der Waals surface area (Å²) in [4.78, 5) is 26.8. The van der Waals surface area contributed by atoms with Crippen LogP contribution in [0.3, 0.4) is 0 Å². The van der Waals surface area contributed by atoms with E-state index in [0.717, 1.165) is 0 Å². The Bertz CT molecular complexity index is 821. The number of hydrogen-bond donors (Lipinski definition) is 2. The molecule has 2 rings (SSSR count). The van der Waals surface area contributed by atoms with Gasteiger partial charge in [0.15, 0.2) is 12.4 Å². The van der Waals surface area contributed by atoms with E-state index in [1.54, 1.807) is 12.1 Å². The van der Waals surface area contributed by atoms with Crippen molar-refractivity contribution in [3.8, 4) is 11.5 Å². The fraction of sp³-hybridized carbons (Fsp3) is 0.333. The Hall–Kier alpha value is -2.18. The molecule has 0 unspecified atom stereocenters. The lowest BCUT2D eigenvalue weighted by atomic mass is 10.2. The van der Waals surface area contributed by atoms with Gasteiger partial charge in [-0.15, -0.1) is 0 Å². The first-order valence-corrected chi connectivity index (χ1v) is 8.79. The van der Waals surface area contributed by atoms with Crippen LogP contribution in [0.15, 0.2) is 35.3 Å². The molecule has 6 nitrogen and oxygen atoms in total. The molecule has 140 valence electrons. The van der Waals surface area contributed by atoms with E-state index in [1.807, 2.05) is 13.8 Å². The number of nitrogens with one attached hydrogen (secondary N) is 2. The highest BCUT2D eigenvalue weighted by Crippen LogP contribution is 2.27. The maximum atomic E-state index is 12.0. The van der Waals surface area contributed by atoms with Crippen molar-refractivity contribution in [2.75, 3.05) is 13.2 Å². The predicted octanol–water partition coefficient (Wildman–Crippen LogP) is 3.41. The first kappa shape index (κ1) is 20.1. The van der Waals surface area contributed by atoms with Crippen LogP contribution in [0.2, 0.25) is 10.0 Å². The molecule has 0 atom stereocenters. The van der Waals surface area contributed by atoms with Gasteiger partial charge in [0.05, 0.1) is 18.2 Å². The highest BCUT2D eigenvalue weighted by molar-refractivity contribution is 6.35. The van der Waals surface area contributed by atoms with Gasteiger partial charge in [0.2, 0.25) is 5.43 Å². The number of carbonyl (C=O) groups excluding carboxylic acids is 1. The molecule has 1 heterocycles. The van der Waals surface area contributed by atoms with Crippen LogP contribution in [-0.4, -0.2) is 24.1 Å². The lowest BCUT2D eigenvalue weighted by Gasteiger charge is -2.10. The number of benzene rings is 1. The molecule has 0 bridgehead atoms. The largest absolute Gasteiger partial charge is 0.488 e. The number of carbonyl (C=O) groups is 1. The average molecular weight is 399 g/mol. The zero-order valence-electron chi connectivity index (χ0n) is 14.5. The Labute approximate surface area is 161 Å². The Morgan fingerprint density at radius 3 is 2.62 bits per heavy atom. The Balaban J connectivity index is 1.83. The molecular weight excluding hydrogens is 379 g/mol. The van der Waals surface area contributed by atoms with Crippen LogP contribution in [0.25, 0.3) is 0 Å². The minimum atomic E-state index is -0.350. The van der Waals surface area contributed by atoms with E-state index < -0.39 is 0 Å². The Morgan fingerprint density at radius 1 is 1.19 bits per heavy atom. The lowest BCUT2D eigenvalue weighted by molar-refractivity contribution is -0.123. The van der Waals surface area contributed by atoms with Gasteiger partial charge in [-0.1, -0.05) is 37.0 Å². The van der Waals surface area contributed by atoms with Gasteiger partial charge in [-0.25, -0.2) is 0 Å². The summed E-state index contributed by atoms with van der Waals surface area (Å²) in [7, 11) is 0. The molecule has 0 saturated carbocycles. The summed E-state index contributed by atoms with van der Waals surface area (Å²) in [6.07, 6.45) is 1.50. The van der Waals surface area contributed by atoms with Crippen LogP contribution in [0.5, 0.6) is 11.5 Å². The molecule has 0 radical (unpaired) electrons. The van der Waals surface area contributed by atoms with Gasteiger partial charge in [0.25, 0.3) is 5.91 Å². The predicted molar refractivity (Wildman–Crippen MR) is 101 cm³/mol. The van der Waals surface area contributed by atoms with Crippen molar-refractivity contribution in [1.82, 2.24) is 10.3 Å². The van der Waals surface area contributed by atoms with Crippen molar-refractivity contribution >= 4 is 29.1 Å². The standard InChI is InChI=1S/C18H20Cl2N2O4/c1-11(2)9-25-17-8-21-13(6-15(17)23)7-22-18(24)10-26-16-4-3-12(19)5-14(16)20/h3-6,8,11H,7,9-10H2,1-2H3,(H,21,23)(H,22,24). The lowest BCUT2D eigenvalue weighted by Crippen LogP contribution is -2.29. The van der Waals surface area contributed by atoms with Gasteiger partial charge >= 0.3 is 0 Å². The Morgan fingerprint density at radius 2 is 1.96 bits per heavy atom. The maximum Gasteiger partial charge on any atom is 0.258 e. The molecule has 2 N–H and O–H groups in total. The minimum Gasteiger partial charge on any atom is -0.488 e. The quantitative estimate of drug-likeness (QED) is 0.713. The number of aromatic nitrogens is 1. The van der Waals surface area contributed by atoms with E-state index in [-0.39, 0.29) is 30.2 Å². The zero-order chi connectivity index (χ0) is 19.1. The second kappa shape index (κ2) is 9.50. The summed E-state index contributed by atoms with van der Waals surface area (Å²) in [5, 5.41) is 3.46. The van der Waals surface area contributed by atoms with Crippen LogP contribution < -0.4 is 20.2 Å². The molecular formula is C18H20Cl2N2O4. The van der Waals surface area contributed by atoms with E-state index >= 15 is 0 Å². The molecule has 0 saturated heterocycles. The monoisotopic (exact) mass is 398 g/mol. The van der Waals surface area contributed by atoms with E-state index in [4.69, 9.17) is 32.7 Å². The van der Waals surface area contributed by atoms with Crippen molar-refractivity contribution in [3.05, 3.63) is 56.4 Å². The van der Waals surface area contributed by atoms with Crippen molar-refractivity contribution in [2.45, 2.75) is 20.4 Å². The summed E-state index contributed by atoms with van der Waals surface area (Å²) in [5.74, 6) is 0.597. The molecule has 0 spiro atoms. The molecule has 1 aromatic carbocycles. The average Bonchev–Trinajstić information content (AvgIpc) is 2.58. The van der Waals surface area contributed by atoms with E-state index in [9.17, 15) is 9.59 Å². The number of aromatic amines is 1. The highest BCUT2D eigenvalue weighted by atomic mass is 35.5. The number of halogens is 2. The normalized spacial score (nSPS) is 10.7. The van der Waals surface area contributed by atoms with Crippen LogP contribution in [0, 0.1) is 5.92 Å². The fourth-order valence-corrected chi connectivity index (χ4v) is 2.42. The zero-order valence-corrected chi connectivity index (χ0v) is 16.0. The van der Waals surface area contributed by atoms with E-state index in [0.29, 0.717) is 34.0 Å². The summed E-state index contributed by atoms with van der Waals surface area (Å²) in [5.41, 5.74) is 0.322. The first-order chi connectivity index (χ1) is 12.3. The number of pyridine rings is 1. The first-order valence-electron chi connectivity index (χ1n) is 8.04. The van der Waals surface area contributed by atoms with Crippen molar-refractivity contribution < 1.29 is 14.3 Å². The molecule has 0 aliphatic rings. The summed E-state index contributed by atoms with van der Waals surface area (Å²) < 4.78 is 10.8. The molecule has 0 fully saturated rings. The summed E-state index contributed by atoms with van der Waals surface area (Å²) in [6.45, 7) is 4.41. The van der Waals surface area contributed by atoms with Crippen molar-refractivity contribution in [2.24, 2.45) is 5.92 Å². The molecule has 2 aromatic rings. The number of amides is 1. The third-order valence-corrected chi connectivity index (χ3v) is 3.77. The maximum absolute atomic E-state index is 12.0. The smallest absolute Gasteiger partial charge is 0.258 e. The second-order valence-corrected chi connectivity index (χ2v) is 6.88. The summed E-state index contributed by atoms with van der Waals surface area (Å²) in [6, 6.07) is 6.14. The number of hydrogen-bond acceptors (Lipinski definition) is 4. The van der Waals surface area contributed by atoms with Gasteiger partial charge in [-0.05, 0) is 24.1 Å². The highest BCUT2D eigenvalue weighted by Gasteiger charge is 2.08. The minimum absolute atomic E-state index is 0.163. The number of ether oxygens (including phenoxy) is 2. The van der Waals surface area contributed by atoms with E-state index in [2.05, 4.69) is 10.3 Å². The number of H-pyrrole nitrogens is 1. The van der Waals surface area contributed by atoms with Crippen LogP contribution in [-0.2, 0) is 11.3 Å². The molecule has 1 aromatic heterocycles. The molecule has 0 aliphatic carbocycles. The third-order valence-electron chi connectivity index (χ3n) is 3.24. The van der Waals surface area contributed by atoms with Crippen molar-refractivity contribution in [3.63, 3.8) is 0 Å². The van der Waals surface area contributed by atoms with Gasteiger partial charge in [0, 0.05) is 23.0 Å². The van der Waals surface area contributed by atoms with Gasteiger partial charge in [-0.2, -0.15) is 0 Å². The number of rotatable bonds is 8. The topological polar surface area (TPSA) is 80.4 Å². The van der Waals surface area contributed by atoms with Gasteiger partial charge in [-0.3, -0.25) is 9.59 Å². The van der Waals surface area contributed by atoms with Crippen LogP contribution in [0.4, 0.5) is 0 Å². The fourth-order valence-electron chi connectivity index (χ4n) is 1.95. The third kappa shape index (κ3) is 6.28. The van der Waals surface area contributed by atoms with Crippen LogP contribution >= 0.6 is 23.2 Å². The summed E-state index contributed by atoms with van der Waals surface area (Å²) >= 11 is 11.8. The Kier molecular flexibility index (Phi) is 7.36. The van der Waals surface area contributed by atoms with Gasteiger partial charge < -0.3 is 19.8 Å². The molecule has 1 amide bonds. The second-order valence-electron chi connectivity index (χ2n) is 6.03. The molecule has 26 heavy (non-hydrogen) atoms. The van der Waals surface area contributed by atoms with E-state index in [1.165, 1.54) is 18.3 Å². The van der Waals surface area contributed by atoms with Crippen molar-refractivity contribution in [1.29, 1.82) is 0 Å².